The van der Waals surface area contributed by atoms with Crippen molar-refractivity contribution in [1.29, 1.82) is 5.26 Å². The van der Waals surface area contributed by atoms with E-state index in [0.29, 0.717) is 23.6 Å². The van der Waals surface area contributed by atoms with E-state index in [2.05, 4.69) is 11.4 Å². The Hall–Kier alpha value is -2.36. The summed E-state index contributed by atoms with van der Waals surface area (Å²) in [6.07, 6.45) is 0. The van der Waals surface area contributed by atoms with Gasteiger partial charge in [0.25, 0.3) is 0 Å². The quantitative estimate of drug-likeness (QED) is 0.810. The Morgan fingerprint density at radius 2 is 1.92 bits per heavy atom. The maximum absolute atomic E-state index is 13.3. The van der Waals surface area contributed by atoms with Crippen molar-refractivity contribution in [2.45, 2.75) is 18.9 Å². The molecule has 6 heteroatoms. The fourth-order valence-electron chi connectivity index (χ4n) is 2.05. The average molecular weight is 344 g/mol. The topological polar surface area (TPSA) is 73.1 Å². The SMILES string of the molecule is N#Cc1ccc(CSCC(=O)NCc2ccc(F)c(CO)c2)cc1. The Labute approximate surface area is 144 Å². The van der Waals surface area contributed by atoms with Gasteiger partial charge in [-0.2, -0.15) is 5.26 Å². The highest BCUT2D eigenvalue weighted by molar-refractivity contribution is 7.99. The number of nitrogens with zero attached hydrogens (tertiary/aromatic N) is 1. The molecule has 2 aromatic carbocycles. The molecule has 0 unspecified atom stereocenters. The smallest absolute Gasteiger partial charge is 0.230 e. The lowest BCUT2D eigenvalue weighted by atomic mass is 10.1. The van der Waals surface area contributed by atoms with Gasteiger partial charge in [-0.05, 0) is 35.4 Å². The van der Waals surface area contributed by atoms with Crippen molar-refractivity contribution in [3.63, 3.8) is 0 Å². The van der Waals surface area contributed by atoms with E-state index in [1.54, 1.807) is 24.3 Å². The highest BCUT2D eigenvalue weighted by Gasteiger charge is 2.05. The molecule has 0 bridgehead atoms. The van der Waals surface area contributed by atoms with Gasteiger partial charge in [-0.25, -0.2) is 4.39 Å². The lowest BCUT2D eigenvalue weighted by Gasteiger charge is -2.07. The Bertz CT molecular complexity index is 742. The number of hydrogen-bond donors (Lipinski definition) is 2. The predicted molar refractivity (Wildman–Crippen MR) is 91.5 cm³/mol. The third-order valence-corrected chi connectivity index (χ3v) is 4.36. The summed E-state index contributed by atoms with van der Waals surface area (Å²) in [5.74, 6) is 0.437. The van der Waals surface area contributed by atoms with Gasteiger partial charge in [-0.3, -0.25) is 4.79 Å². The summed E-state index contributed by atoms with van der Waals surface area (Å²) in [5.41, 5.74) is 2.63. The maximum Gasteiger partial charge on any atom is 0.230 e. The zero-order valence-corrected chi connectivity index (χ0v) is 13.8. The molecule has 0 radical (unpaired) electrons. The number of benzene rings is 2. The first-order valence-electron chi connectivity index (χ1n) is 7.34. The van der Waals surface area contributed by atoms with Crippen molar-refractivity contribution in [1.82, 2.24) is 5.32 Å². The van der Waals surface area contributed by atoms with Crippen LogP contribution in [0.5, 0.6) is 0 Å². The monoisotopic (exact) mass is 344 g/mol. The first kappa shape index (κ1) is 18.0. The molecule has 0 saturated heterocycles. The fraction of sp³-hybridized carbons (Fsp3) is 0.222. The van der Waals surface area contributed by atoms with Gasteiger partial charge in [0, 0.05) is 17.9 Å². The molecule has 4 nitrogen and oxygen atoms in total. The van der Waals surface area contributed by atoms with E-state index in [4.69, 9.17) is 10.4 Å². The van der Waals surface area contributed by atoms with E-state index in [0.717, 1.165) is 11.1 Å². The summed E-state index contributed by atoms with van der Waals surface area (Å²) >= 11 is 1.48. The van der Waals surface area contributed by atoms with Crippen LogP contribution in [0.3, 0.4) is 0 Å². The number of halogens is 1. The van der Waals surface area contributed by atoms with E-state index in [1.165, 1.54) is 17.8 Å². The molecule has 0 saturated carbocycles. The van der Waals surface area contributed by atoms with Crippen LogP contribution in [0, 0.1) is 17.1 Å². The molecule has 2 aromatic rings. The lowest BCUT2D eigenvalue weighted by molar-refractivity contribution is -0.118. The average Bonchev–Trinajstić information content (AvgIpc) is 2.61. The molecule has 0 spiro atoms. The van der Waals surface area contributed by atoms with Gasteiger partial charge >= 0.3 is 0 Å². The Morgan fingerprint density at radius 1 is 1.21 bits per heavy atom. The largest absolute Gasteiger partial charge is 0.392 e. The van der Waals surface area contributed by atoms with Gasteiger partial charge in [-0.1, -0.05) is 18.2 Å². The number of rotatable bonds is 7. The van der Waals surface area contributed by atoms with Crippen molar-refractivity contribution in [3.8, 4) is 6.07 Å². The number of nitriles is 1. The summed E-state index contributed by atoms with van der Waals surface area (Å²) in [6.45, 7) is -0.0718. The van der Waals surface area contributed by atoms with Crippen molar-refractivity contribution in [2.24, 2.45) is 0 Å². The number of nitrogens with one attached hydrogen (secondary N) is 1. The van der Waals surface area contributed by atoms with E-state index in [-0.39, 0.29) is 18.1 Å². The number of aliphatic hydroxyl groups excluding tert-OH is 1. The van der Waals surface area contributed by atoms with Crippen LogP contribution in [-0.2, 0) is 23.7 Å². The summed E-state index contributed by atoms with van der Waals surface area (Å²) in [5, 5.41) is 20.5. The third-order valence-electron chi connectivity index (χ3n) is 3.36. The molecule has 24 heavy (non-hydrogen) atoms. The Kier molecular flexibility index (Phi) is 6.79. The third kappa shape index (κ3) is 5.37. The first-order valence-corrected chi connectivity index (χ1v) is 8.49. The number of amides is 1. The molecular weight excluding hydrogens is 327 g/mol. The predicted octanol–water partition coefficient (Wildman–Crippen LogP) is 2.74. The zero-order chi connectivity index (χ0) is 17.4. The normalized spacial score (nSPS) is 10.2. The van der Waals surface area contributed by atoms with E-state index in [9.17, 15) is 9.18 Å². The van der Waals surface area contributed by atoms with Gasteiger partial charge < -0.3 is 10.4 Å². The lowest BCUT2D eigenvalue weighted by Crippen LogP contribution is -2.24. The second-order valence-electron chi connectivity index (χ2n) is 5.16. The summed E-state index contributed by atoms with van der Waals surface area (Å²) < 4.78 is 13.3. The van der Waals surface area contributed by atoms with Crippen LogP contribution in [0.4, 0.5) is 4.39 Å². The van der Waals surface area contributed by atoms with Crippen LogP contribution in [0.1, 0.15) is 22.3 Å². The van der Waals surface area contributed by atoms with Crippen molar-refractivity contribution < 1.29 is 14.3 Å². The molecule has 124 valence electrons. The van der Waals surface area contributed by atoms with Crippen molar-refractivity contribution in [3.05, 3.63) is 70.5 Å². The fourth-order valence-corrected chi connectivity index (χ4v) is 2.87. The molecule has 2 N–H and O–H groups in total. The van der Waals surface area contributed by atoms with Crippen molar-refractivity contribution >= 4 is 17.7 Å². The molecule has 0 aliphatic rings. The van der Waals surface area contributed by atoms with Crippen molar-refractivity contribution in [2.75, 3.05) is 5.75 Å². The second kappa shape index (κ2) is 9.06. The molecule has 0 atom stereocenters. The van der Waals surface area contributed by atoms with Gasteiger partial charge in [0.2, 0.25) is 5.91 Å². The van der Waals surface area contributed by atoms with Crippen LogP contribution in [0.2, 0.25) is 0 Å². The van der Waals surface area contributed by atoms with Gasteiger partial charge in [0.05, 0.1) is 24.0 Å². The molecule has 0 aliphatic heterocycles. The van der Waals surface area contributed by atoms with Crippen LogP contribution in [0.25, 0.3) is 0 Å². The van der Waals surface area contributed by atoms with E-state index in [1.807, 2.05) is 12.1 Å². The molecule has 1 amide bonds. The minimum absolute atomic E-state index is 0.108. The van der Waals surface area contributed by atoms with Gasteiger partial charge in [-0.15, -0.1) is 11.8 Å². The minimum atomic E-state index is -0.453. The summed E-state index contributed by atoms with van der Waals surface area (Å²) in [4.78, 5) is 11.8. The van der Waals surface area contributed by atoms with E-state index >= 15 is 0 Å². The van der Waals surface area contributed by atoms with Crippen LogP contribution in [0.15, 0.2) is 42.5 Å². The van der Waals surface area contributed by atoms with Crippen LogP contribution < -0.4 is 5.32 Å². The maximum atomic E-state index is 13.3. The number of aliphatic hydroxyl groups is 1. The minimum Gasteiger partial charge on any atom is -0.392 e. The number of thioether (sulfide) groups is 1. The van der Waals surface area contributed by atoms with Crippen LogP contribution >= 0.6 is 11.8 Å². The number of carbonyl (C=O) groups excluding carboxylic acids is 1. The first-order chi connectivity index (χ1) is 11.6. The highest BCUT2D eigenvalue weighted by Crippen LogP contribution is 2.13. The molecule has 0 aromatic heterocycles. The van der Waals surface area contributed by atoms with Gasteiger partial charge in [0.1, 0.15) is 5.82 Å². The van der Waals surface area contributed by atoms with Gasteiger partial charge in [0.15, 0.2) is 0 Å². The molecular formula is C18H17FN2O2S. The summed E-state index contributed by atoms with van der Waals surface area (Å²) in [6, 6.07) is 13.7. The number of hydrogen-bond acceptors (Lipinski definition) is 4. The van der Waals surface area contributed by atoms with E-state index < -0.39 is 5.82 Å². The second-order valence-corrected chi connectivity index (χ2v) is 6.15. The molecule has 0 fully saturated rings. The Morgan fingerprint density at radius 3 is 2.58 bits per heavy atom. The van der Waals surface area contributed by atoms with Crippen LogP contribution in [-0.4, -0.2) is 16.8 Å². The highest BCUT2D eigenvalue weighted by atomic mass is 32.2. The number of carbonyl (C=O) groups is 1. The molecule has 0 heterocycles. The zero-order valence-electron chi connectivity index (χ0n) is 13.0. The summed E-state index contributed by atoms with van der Waals surface area (Å²) in [7, 11) is 0. The molecule has 0 aliphatic carbocycles. The Balaban J connectivity index is 1.74. The molecule has 2 rings (SSSR count). The standard InChI is InChI=1S/C18H17FN2O2S/c19-17-6-5-15(7-16(17)10-22)9-21-18(23)12-24-11-14-3-1-13(8-20)2-4-14/h1-7,22H,9-12H2,(H,21,23).